The van der Waals surface area contributed by atoms with Gasteiger partial charge >= 0.3 is 0 Å². The summed E-state index contributed by atoms with van der Waals surface area (Å²) in [5.74, 6) is 0.670. The van der Waals surface area contributed by atoms with Crippen LogP contribution in [0, 0.1) is 6.92 Å². The van der Waals surface area contributed by atoms with E-state index in [1.54, 1.807) is 0 Å². The summed E-state index contributed by atoms with van der Waals surface area (Å²) in [6, 6.07) is 1.81. The Hall–Kier alpha value is -1.82. The van der Waals surface area contributed by atoms with E-state index in [9.17, 15) is 4.79 Å². The number of hydrogen-bond donors (Lipinski definition) is 1. The van der Waals surface area contributed by atoms with Crippen molar-refractivity contribution in [3.05, 3.63) is 39.1 Å². The topological polar surface area (TPSA) is 73.0 Å². The molecule has 0 saturated heterocycles. The Bertz CT molecular complexity index is 605. The van der Waals surface area contributed by atoms with Crippen LogP contribution in [0.4, 0.5) is 5.69 Å². The van der Waals surface area contributed by atoms with Gasteiger partial charge in [-0.2, -0.15) is 5.10 Å². The third kappa shape index (κ3) is 2.53. The van der Waals surface area contributed by atoms with Gasteiger partial charge in [-0.15, -0.1) is 0 Å². The first-order valence-electron chi connectivity index (χ1n) is 5.53. The molecule has 0 spiro atoms. The van der Waals surface area contributed by atoms with Gasteiger partial charge in [0.2, 0.25) is 0 Å². The molecule has 0 aromatic carbocycles. The van der Waals surface area contributed by atoms with Crippen LogP contribution in [-0.2, 0) is 13.1 Å². The molecule has 2 aromatic rings. The SMILES string of the molecule is CCn1ncc(NCc2cc(C)no2)c(Cl)c1=O. The highest BCUT2D eigenvalue weighted by molar-refractivity contribution is 6.32. The standard InChI is InChI=1S/C11H13ClN4O2/c1-3-16-11(17)10(12)9(6-14-16)13-5-8-4-7(2)15-18-8/h4,6,13H,3,5H2,1-2H3. The van der Waals surface area contributed by atoms with E-state index < -0.39 is 0 Å². The number of halogens is 1. The molecular weight excluding hydrogens is 256 g/mol. The Morgan fingerprint density at radius 2 is 2.33 bits per heavy atom. The molecule has 6 nitrogen and oxygen atoms in total. The minimum Gasteiger partial charge on any atom is -0.375 e. The van der Waals surface area contributed by atoms with Crippen molar-refractivity contribution in [1.82, 2.24) is 14.9 Å². The molecule has 0 bridgehead atoms. The zero-order valence-corrected chi connectivity index (χ0v) is 10.9. The monoisotopic (exact) mass is 268 g/mol. The van der Waals surface area contributed by atoms with Gasteiger partial charge in [0, 0.05) is 12.6 Å². The molecule has 0 amide bonds. The predicted octanol–water partition coefficient (Wildman–Crippen LogP) is 1.83. The van der Waals surface area contributed by atoms with E-state index in [0.29, 0.717) is 24.5 Å². The molecule has 0 aliphatic carbocycles. The van der Waals surface area contributed by atoms with Crippen LogP contribution in [0.15, 0.2) is 21.6 Å². The summed E-state index contributed by atoms with van der Waals surface area (Å²) in [6.07, 6.45) is 1.52. The maximum Gasteiger partial charge on any atom is 0.287 e. The van der Waals surface area contributed by atoms with Crippen molar-refractivity contribution in [3.8, 4) is 0 Å². The van der Waals surface area contributed by atoms with Gasteiger partial charge in [-0.1, -0.05) is 16.8 Å². The predicted molar refractivity (Wildman–Crippen MR) is 67.7 cm³/mol. The van der Waals surface area contributed by atoms with Crippen molar-refractivity contribution < 1.29 is 4.52 Å². The highest BCUT2D eigenvalue weighted by Gasteiger charge is 2.09. The normalized spacial score (nSPS) is 10.6. The van der Waals surface area contributed by atoms with Crippen LogP contribution < -0.4 is 10.9 Å². The number of aryl methyl sites for hydroxylation is 2. The Labute approximate surface area is 109 Å². The molecular formula is C11H13ClN4O2. The molecule has 96 valence electrons. The second kappa shape index (κ2) is 5.22. The molecule has 2 aromatic heterocycles. The third-order valence-corrected chi connectivity index (χ3v) is 2.78. The molecule has 2 heterocycles. The summed E-state index contributed by atoms with van der Waals surface area (Å²) in [4.78, 5) is 11.7. The fourth-order valence-corrected chi connectivity index (χ4v) is 1.71. The lowest BCUT2D eigenvalue weighted by molar-refractivity contribution is 0.384. The average Bonchev–Trinajstić information content (AvgIpc) is 2.77. The van der Waals surface area contributed by atoms with Gasteiger partial charge in [0.25, 0.3) is 5.56 Å². The number of aromatic nitrogens is 3. The first-order valence-corrected chi connectivity index (χ1v) is 5.91. The lowest BCUT2D eigenvalue weighted by Gasteiger charge is -2.07. The van der Waals surface area contributed by atoms with E-state index in [2.05, 4.69) is 15.6 Å². The fraction of sp³-hybridized carbons (Fsp3) is 0.364. The summed E-state index contributed by atoms with van der Waals surface area (Å²) in [7, 11) is 0. The van der Waals surface area contributed by atoms with Crippen LogP contribution in [0.3, 0.4) is 0 Å². The van der Waals surface area contributed by atoms with Crippen LogP contribution in [0.2, 0.25) is 5.02 Å². The molecule has 0 aliphatic heterocycles. The summed E-state index contributed by atoms with van der Waals surface area (Å²) < 4.78 is 6.34. The van der Waals surface area contributed by atoms with Crippen LogP contribution >= 0.6 is 11.6 Å². The first-order chi connectivity index (χ1) is 8.61. The average molecular weight is 269 g/mol. The molecule has 2 rings (SSSR count). The minimum atomic E-state index is -0.307. The maximum absolute atomic E-state index is 11.7. The van der Waals surface area contributed by atoms with E-state index in [4.69, 9.17) is 16.1 Å². The summed E-state index contributed by atoms with van der Waals surface area (Å²) in [5, 5.41) is 10.9. The molecule has 0 atom stereocenters. The van der Waals surface area contributed by atoms with Crippen molar-refractivity contribution in [3.63, 3.8) is 0 Å². The van der Waals surface area contributed by atoms with Gasteiger partial charge in [0.15, 0.2) is 5.76 Å². The molecule has 0 radical (unpaired) electrons. The summed E-state index contributed by atoms with van der Waals surface area (Å²) >= 11 is 5.97. The van der Waals surface area contributed by atoms with Crippen LogP contribution in [0.25, 0.3) is 0 Å². The quantitative estimate of drug-likeness (QED) is 0.916. The van der Waals surface area contributed by atoms with Crippen LogP contribution in [-0.4, -0.2) is 14.9 Å². The minimum absolute atomic E-state index is 0.128. The Morgan fingerprint density at radius 1 is 1.56 bits per heavy atom. The third-order valence-electron chi connectivity index (χ3n) is 2.41. The molecule has 0 unspecified atom stereocenters. The van der Waals surface area contributed by atoms with E-state index in [1.165, 1.54) is 10.9 Å². The van der Waals surface area contributed by atoms with E-state index in [1.807, 2.05) is 19.9 Å². The molecule has 0 aliphatic rings. The molecule has 1 N–H and O–H groups in total. The van der Waals surface area contributed by atoms with Crippen molar-refractivity contribution >= 4 is 17.3 Å². The summed E-state index contributed by atoms with van der Waals surface area (Å²) in [5.41, 5.74) is 0.982. The number of nitrogens with zero attached hydrogens (tertiary/aromatic N) is 3. The lowest BCUT2D eigenvalue weighted by atomic mass is 10.3. The van der Waals surface area contributed by atoms with E-state index in [-0.39, 0.29) is 10.6 Å². The maximum atomic E-state index is 11.7. The van der Waals surface area contributed by atoms with Gasteiger partial charge in [-0.25, -0.2) is 4.68 Å². The van der Waals surface area contributed by atoms with E-state index >= 15 is 0 Å². The number of nitrogens with one attached hydrogen (secondary N) is 1. The van der Waals surface area contributed by atoms with Crippen molar-refractivity contribution in [2.45, 2.75) is 26.9 Å². The van der Waals surface area contributed by atoms with Crippen LogP contribution in [0.1, 0.15) is 18.4 Å². The second-order valence-corrected chi connectivity index (χ2v) is 4.16. The smallest absolute Gasteiger partial charge is 0.287 e. The van der Waals surface area contributed by atoms with Gasteiger partial charge in [0.1, 0.15) is 5.02 Å². The Balaban J connectivity index is 2.15. The number of rotatable bonds is 4. The van der Waals surface area contributed by atoms with Gasteiger partial charge in [0.05, 0.1) is 24.1 Å². The second-order valence-electron chi connectivity index (χ2n) is 3.78. The highest BCUT2D eigenvalue weighted by atomic mass is 35.5. The molecule has 18 heavy (non-hydrogen) atoms. The van der Waals surface area contributed by atoms with Crippen molar-refractivity contribution in [2.75, 3.05) is 5.32 Å². The molecule has 0 saturated carbocycles. The van der Waals surface area contributed by atoms with Gasteiger partial charge < -0.3 is 9.84 Å². The van der Waals surface area contributed by atoms with Gasteiger partial charge in [-0.05, 0) is 13.8 Å². The zero-order chi connectivity index (χ0) is 13.1. The molecule has 0 fully saturated rings. The zero-order valence-electron chi connectivity index (χ0n) is 10.1. The van der Waals surface area contributed by atoms with Crippen LogP contribution in [0.5, 0.6) is 0 Å². The van der Waals surface area contributed by atoms with Gasteiger partial charge in [-0.3, -0.25) is 4.79 Å². The highest BCUT2D eigenvalue weighted by Crippen LogP contribution is 2.16. The van der Waals surface area contributed by atoms with E-state index in [0.717, 1.165) is 5.69 Å². The summed E-state index contributed by atoms with van der Waals surface area (Å²) in [6.45, 7) is 4.55. The fourth-order valence-electron chi connectivity index (χ4n) is 1.50. The Kier molecular flexibility index (Phi) is 3.66. The first kappa shape index (κ1) is 12.6. The lowest BCUT2D eigenvalue weighted by Crippen LogP contribution is -2.23. The Morgan fingerprint density at radius 3 is 2.94 bits per heavy atom. The molecule has 7 heteroatoms. The number of hydrogen-bond acceptors (Lipinski definition) is 5. The van der Waals surface area contributed by atoms with Crippen molar-refractivity contribution in [1.29, 1.82) is 0 Å². The number of anilines is 1. The van der Waals surface area contributed by atoms with Crippen molar-refractivity contribution in [2.24, 2.45) is 0 Å². The largest absolute Gasteiger partial charge is 0.375 e.